The minimum Gasteiger partial charge on any atom is -0.497 e. The summed E-state index contributed by atoms with van der Waals surface area (Å²) in [6, 6.07) is 11.8. The number of anilines is 1. The predicted octanol–water partition coefficient (Wildman–Crippen LogP) is 2.91. The lowest BCUT2D eigenvalue weighted by Gasteiger charge is -2.08. The number of aromatic nitrogens is 4. The number of tetrazole rings is 1. The van der Waals surface area contributed by atoms with Crippen molar-refractivity contribution in [2.75, 3.05) is 18.2 Å². The Labute approximate surface area is 159 Å². The molecule has 9 heteroatoms. The molecule has 1 aromatic heterocycles. The van der Waals surface area contributed by atoms with Crippen LogP contribution in [0.2, 0.25) is 0 Å². The molecule has 1 heterocycles. The number of methoxy groups -OCH3 is 1. The Hall–Kier alpha value is -2.94. The third-order valence-electron chi connectivity index (χ3n) is 3.80. The summed E-state index contributed by atoms with van der Waals surface area (Å²) in [7, 11) is 1.61. The average molecular weight is 387 g/mol. The number of nitrogens with one attached hydrogen (secondary N) is 1. The Kier molecular flexibility index (Phi) is 6.02. The summed E-state index contributed by atoms with van der Waals surface area (Å²) in [4.78, 5) is 12.2. The number of benzene rings is 2. The van der Waals surface area contributed by atoms with Gasteiger partial charge in [0.25, 0.3) is 0 Å². The maximum Gasteiger partial charge on any atom is 0.234 e. The van der Waals surface area contributed by atoms with E-state index in [1.54, 1.807) is 24.8 Å². The van der Waals surface area contributed by atoms with Gasteiger partial charge in [0.05, 0.1) is 19.4 Å². The van der Waals surface area contributed by atoms with Crippen LogP contribution in [0.3, 0.4) is 0 Å². The Morgan fingerprint density at radius 2 is 2.04 bits per heavy atom. The number of amides is 1. The molecule has 0 bridgehead atoms. The first-order valence-corrected chi connectivity index (χ1v) is 9.11. The molecule has 7 nitrogen and oxygen atoms in total. The normalized spacial score (nSPS) is 10.6. The maximum absolute atomic E-state index is 13.3. The molecule has 0 atom stereocenters. The molecule has 3 rings (SSSR count). The highest BCUT2D eigenvalue weighted by atomic mass is 32.2. The summed E-state index contributed by atoms with van der Waals surface area (Å²) in [5.41, 5.74) is 2.25. The quantitative estimate of drug-likeness (QED) is 0.628. The van der Waals surface area contributed by atoms with Crippen molar-refractivity contribution in [2.45, 2.75) is 18.6 Å². The number of hydrogen-bond donors (Lipinski definition) is 1. The Bertz CT molecular complexity index is 930. The Morgan fingerprint density at radius 3 is 2.78 bits per heavy atom. The molecular formula is C18H18FN5O2S. The fourth-order valence-electron chi connectivity index (χ4n) is 2.35. The molecular weight excluding hydrogens is 369 g/mol. The first-order valence-electron chi connectivity index (χ1n) is 8.13. The van der Waals surface area contributed by atoms with E-state index in [9.17, 15) is 9.18 Å². The highest BCUT2D eigenvalue weighted by Crippen LogP contribution is 2.19. The molecule has 0 aliphatic heterocycles. The van der Waals surface area contributed by atoms with Crippen molar-refractivity contribution in [1.82, 2.24) is 20.2 Å². The number of aryl methyl sites for hydroxylation is 1. The highest BCUT2D eigenvalue weighted by molar-refractivity contribution is 7.99. The predicted molar refractivity (Wildman–Crippen MR) is 100 cm³/mol. The molecule has 2 aromatic carbocycles. The molecule has 1 amide bonds. The molecule has 0 radical (unpaired) electrons. The van der Waals surface area contributed by atoms with Crippen molar-refractivity contribution >= 4 is 23.4 Å². The SMILES string of the molecule is COc1ccc(Cn2nnnc2SCC(=O)Nc2cc(F)ccc2C)cc1. The van der Waals surface area contributed by atoms with E-state index in [2.05, 4.69) is 20.8 Å². The third-order valence-corrected chi connectivity index (χ3v) is 4.75. The van der Waals surface area contributed by atoms with Crippen LogP contribution in [0.5, 0.6) is 5.75 Å². The Balaban J connectivity index is 1.59. The van der Waals surface area contributed by atoms with Gasteiger partial charge in [-0.15, -0.1) is 5.10 Å². The van der Waals surface area contributed by atoms with Crippen LogP contribution >= 0.6 is 11.8 Å². The monoisotopic (exact) mass is 387 g/mol. The number of hydrogen-bond acceptors (Lipinski definition) is 6. The lowest BCUT2D eigenvalue weighted by atomic mass is 10.2. The Morgan fingerprint density at radius 1 is 1.26 bits per heavy atom. The topological polar surface area (TPSA) is 81.9 Å². The first-order chi connectivity index (χ1) is 13.0. The van der Waals surface area contributed by atoms with Gasteiger partial charge < -0.3 is 10.1 Å². The van der Waals surface area contributed by atoms with Crippen LogP contribution < -0.4 is 10.1 Å². The number of carbonyl (C=O) groups excluding carboxylic acids is 1. The molecule has 0 aliphatic carbocycles. The summed E-state index contributed by atoms with van der Waals surface area (Å²) in [5, 5.41) is 14.8. The van der Waals surface area contributed by atoms with Crippen LogP contribution in [-0.4, -0.2) is 39.0 Å². The van der Waals surface area contributed by atoms with Crippen LogP contribution in [-0.2, 0) is 11.3 Å². The van der Waals surface area contributed by atoms with Gasteiger partial charge in [0.15, 0.2) is 0 Å². The molecule has 3 aromatic rings. The van der Waals surface area contributed by atoms with Gasteiger partial charge in [-0.3, -0.25) is 4.79 Å². The van der Waals surface area contributed by atoms with E-state index in [4.69, 9.17) is 4.74 Å². The number of ether oxygens (including phenoxy) is 1. The second kappa shape index (κ2) is 8.63. The number of carbonyl (C=O) groups is 1. The second-order valence-corrected chi connectivity index (χ2v) is 6.71. The number of thioether (sulfide) groups is 1. The van der Waals surface area contributed by atoms with Crippen molar-refractivity contribution in [3.05, 3.63) is 59.4 Å². The first kappa shape index (κ1) is 18.8. The minimum absolute atomic E-state index is 0.110. The zero-order valence-corrected chi connectivity index (χ0v) is 15.7. The fourth-order valence-corrected chi connectivity index (χ4v) is 3.02. The van der Waals surface area contributed by atoms with E-state index in [0.29, 0.717) is 17.4 Å². The van der Waals surface area contributed by atoms with Gasteiger partial charge in [-0.1, -0.05) is 30.0 Å². The largest absolute Gasteiger partial charge is 0.497 e. The van der Waals surface area contributed by atoms with E-state index >= 15 is 0 Å². The number of nitrogens with zero attached hydrogens (tertiary/aromatic N) is 4. The summed E-state index contributed by atoms with van der Waals surface area (Å²) in [6.07, 6.45) is 0. The molecule has 1 N–H and O–H groups in total. The van der Waals surface area contributed by atoms with Gasteiger partial charge in [0.1, 0.15) is 11.6 Å². The molecule has 140 valence electrons. The van der Waals surface area contributed by atoms with E-state index in [1.165, 1.54) is 23.9 Å². The van der Waals surface area contributed by atoms with Gasteiger partial charge in [-0.05, 0) is 52.7 Å². The van der Waals surface area contributed by atoms with Crippen molar-refractivity contribution in [2.24, 2.45) is 0 Å². The molecule has 27 heavy (non-hydrogen) atoms. The van der Waals surface area contributed by atoms with E-state index in [-0.39, 0.29) is 11.7 Å². The van der Waals surface area contributed by atoms with Gasteiger partial charge in [0.2, 0.25) is 11.1 Å². The van der Waals surface area contributed by atoms with Crippen molar-refractivity contribution in [1.29, 1.82) is 0 Å². The molecule has 0 spiro atoms. The maximum atomic E-state index is 13.3. The van der Waals surface area contributed by atoms with Crippen LogP contribution in [0, 0.1) is 12.7 Å². The third kappa shape index (κ3) is 5.04. The standard InChI is InChI=1S/C18H18FN5O2S/c1-12-3-6-14(19)9-16(12)20-17(25)11-27-18-21-22-23-24(18)10-13-4-7-15(26-2)8-5-13/h3-9H,10-11H2,1-2H3,(H,20,25). The molecule has 0 unspecified atom stereocenters. The summed E-state index contributed by atoms with van der Waals surface area (Å²) in [5.74, 6) is 0.230. The zero-order chi connectivity index (χ0) is 19.2. The number of halogens is 1. The van der Waals surface area contributed by atoms with Gasteiger partial charge in [-0.2, -0.15) is 0 Å². The lowest BCUT2D eigenvalue weighted by molar-refractivity contribution is -0.113. The van der Waals surface area contributed by atoms with E-state index < -0.39 is 5.82 Å². The minimum atomic E-state index is -0.396. The van der Waals surface area contributed by atoms with E-state index in [0.717, 1.165) is 16.9 Å². The second-order valence-electron chi connectivity index (χ2n) is 5.76. The van der Waals surface area contributed by atoms with Gasteiger partial charge in [-0.25, -0.2) is 9.07 Å². The smallest absolute Gasteiger partial charge is 0.234 e. The fraction of sp³-hybridized carbons (Fsp3) is 0.222. The van der Waals surface area contributed by atoms with Crippen molar-refractivity contribution < 1.29 is 13.9 Å². The van der Waals surface area contributed by atoms with E-state index in [1.807, 2.05) is 24.3 Å². The number of rotatable bonds is 7. The molecule has 0 aliphatic rings. The van der Waals surface area contributed by atoms with Gasteiger partial charge >= 0.3 is 0 Å². The van der Waals surface area contributed by atoms with Crippen molar-refractivity contribution in [3.63, 3.8) is 0 Å². The summed E-state index contributed by atoms with van der Waals surface area (Å²) >= 11 is 1.21. The lowest BCUT2D eigenvalue weighted by Crippen LogP contribution is -2.15. The zero-order valence-electron chi connectivity index (χ0n) is 14.8. The van der Waals surface area contributed by atoms with Crippen LogP contribution in [0.4, 0.5) is 10.1 Å². The summed E-state index contributed by atoms with van der Waals surface area (Å²) in [6.45, 7) is 2.28. The average Bonchev–Trinajstić information content (AvgIpc) is 3.10. The summed E-state index contributed by atoms with van der Waals surface area (Å²) < 4.78 is 20.1. The van der Waals surface area contributed by atoms with Crippen molar-refractivity contribution in [3.8, 4) is 5.75 Å². The van der Waals surface area contributed by atoms with Crippen LogP contribution in [0.25, 0.3) is 0 Å². The van der Waals surface area contributed by atoms with Gasteiger partial charge in [0, 0.05) is 5.69 Å². The molecule has 0 saturated heterocycles. The molecule has 0 fully saturated rings. The van der Waals surface area contributed by atoms with Crippen LogP contribution in [0.1, 0.15) is 11.1 Å². The highest BCUT2D eigenvalue weighted by Gasteiger charge is 2.12. The molecule has 0 saturated carbocycles. The van der Waals surface area contributed by atoms with Crippen LogP contribution in [0.15, 0.2) is 47.6 Å².